The summed E-state index contributed by atoms with van der Waals surface area (Å²) in [5, 5.41) is 1.29. The number of carbonyl (C=O) groups excluding carboxylic acids is 1. The van der Waals surface area contributed by atoms with E-state index in [1.807, 2.05) is 64.4 Å². The van der Waals surface area contributed by atoms with Crippen molar-refractivity contribution in [1.82, 2.24) is 18.9 Å². The second-order valence-electron chi connectivity index (χ2n) is 6.55. The molecule has 7 heteroatoms. The van der Waals surface area contributed by atoms with Crippen molar-refractivity contribution in [3.63, 3.8) is 0 Å². The smallest absolute Gasteiger partial charge is 0.308 e. The number of benzene rings is 2. The number of carbonyl (C=O) groups is 1. The van der Waals surface area contributed by atoms with Gasteiger partial charge >= 0.3 is 5.97 Å². The van der Waals surface area contributed by atoms with E-state index in [2.05, 4.69) is 0 Å². The minimum atomic E-state index is -0.403. The molecule has 0 radical (unpaired) electrons. The van der Waals surface area contributed by atoms with Gasteiger partial charge in [-0.1, -0.05) is 29.8 Å². The minimum Gasteiger partial charge on any atom is -0.424 e. The quantitative estimate of drug-likeness (QED) is 0.409. The van der Waals surface area contributed by atoms with E-state index in [1.165, 1.54) is 6.92 Å². The molecule has 6 nitrogen and oxygen atoms in total. The topological polar surface area (TPSA) is 61.4 Å². The van der Waals surface area contributed by atoms with E-state index in [9.17, 15) is 4.79 Å². The van der Waals surface area contributed by atoms with E-state index in [-0.39, 0.29) is 0 Å². The van der Waals surface area contributed by atoms with Crippen LogP contribution in [0.3, 0.4) is 0 Å². The van der Waals surface area contributed by atoms with Crippen LogP contribution in [0.4, 0.5) is 0 Å². The van der Waals surface area contributed by atoms with Gasteiger partial charge in [-0.05, 0) is 37.3 Å². The van der Waals surface area contributed by atoms with Gasteiger partial charge in [0, 0.05) is 17.6 Å². The molecular weight excluding hydrogens is 376 g/mol. The molecular formula is C21H15ClN4O2. The van der Waals surface area contributed by atoms with Crippen LogP contribution in [-0.4, -0.2) is 24.9 Å². The zero-order chi connectivity index (χ0) is 19.4. The highest BCUT2D eigenvalue weighted by atomic mass is 35.5. The lowest BCUT2D eigenvalue weighted by Gasteiger charge is -2.07. The molecule has 138 valence electrons. The van der Waals surface area contributed by atoms with Crippen molar-refractivity contribution in [1.29, 1.82) is 0 Å². The van der Waals surface area contributed by atoms with Gasteiger partial charge in [0.1, 0.15) is 11.2 Å². The number of fused-ring (bicyclic) bond motifs is 5. The van der Waals surface area contributed by atoms with Crippen LogP contribution in [0, 0.1) is 6.92 Å². The average molecular weight is 391 g/mol. The predicted molar refractivity (Wildman–Crippen MR) is 108 cm³/mol. The monoisotopic (exact) mass is 390 g/mol. The number of esters is 1. The van der Waals surface area contributed by atoms with Gasteiger partial charge in [0.05, 0.1) is 17.2 Å². The molecule has 3 heterocycles. The number of ether oxygens (including phenoxy) is 1. The maximum atomic E-state index is 11.7. The van der Waals surface area contributed by atoms with Crippen molar-refractivity contribution in [3.05, 3.63) is 65.6 Å². The molecule has 0 saturated heterocycles. The van der Waals surface area contributed by atoms with Crippen molar-refractivity contribution in [2.24, 2.45) is 0 Å². The van der Waals surface area contributed by atoms with Crippen LogP contribution < -0.4 is 4.74 Å². The molecule has 28 heavy (non-hydrogen) atoms. The number of aromatic nitrogens is 4. The number of hydrogen-bond donors (Lipinski definition) is 0. The van der Waals surface area contributed by atoms with E-state index >= 15 is 0 Å². The summed E-state index contributed by atoms with van der Waals surface area (Å²) >= 11 is 6.18. The van der Waals surface area contributed by atoms with Crippen molar-refractivity contribution in [2.45, 2.75) is 13.8 Å². The number of halogens is 1. The summed E-state index contributed by atoms with van der Waals surface area (Å²) in [6.07, 6.45) is 1.75. The Bertz CT molecular complexity index is 1400. The van der Waals surface area contributed by atoms with Crippen LogP contribution in [0.25, 0.3) is 33.4 Å². The summed E-state index contributed by atoms with van der Waals surface area (Å²) in [6.45, 7) is 3.31. The van der Waals surface area contributed by atoms with Gasteiger partial charge in [-0.3, -0.25) is 13.8 Å². The summed E-state index contributed by atoms with van der Waals surface area (Å²) in [5.41, 5.74) is 3.97. The highest BCUT2D eigenvalue weighted by molar-refractivity contribution is 6.30. The largest absolute Gasteiger partial charge is 0.424 e. The minimum absolute atomic E-state index is 0.403. The molecule has 0 aliphatic carbocycles. The SMILES string of the molecule is CC(=O)Oc1cn(-c2cccc(Cl)c2)c2nc(C)n3c4ccccc4nc3c12. The van der Waals surface area contributed by atoms with Gasteiger partial charge in [0.15, 0.2) is 17.0 Å². The average Bonchev–Trinajstić information content (AvgIpc) is 3.20. The Morgan fingerprint density at radius 3 is 2.68 bits per heavy atom. The van der Waals surface area contributed by atoms with Crippen LogP contribution in [0.2, 0.25) is 5.02 Å². The van der Waals surface area contributed by atoms with Gasteiger partial charge in [-0.25, -0.2) is 9.97 Å². The van der Waals surface area contributed by atoms with Crippen LogP contribution in [0.15, 0.2) is 54.7 Å². The first kappa shape index (κ1) is 16.8. The van der Waals surface area contributed by atoms with Crippen molar-refractivity contribution >= 4 is 45.3 Å². The Morgan fingerprint density at radius 2 is 1.89 bits per heavy atom. The van der Waals surface area contributed by atoms with Crippen molar-refractivity contribution in [3.8, 4) is 11.4 Å². The fraction of sp³-hybridized carbons (Fsp3) is 0.0952. The first-order valence-electron chi connectivity index (χ1n) is 8.76. The Hall–Kier alpha value is -3.38. The third kappa shape index (κ3) is 2.46. The van der Waals surface area contributed by atoms with Crippen molar-refractivity contribution < 1.29 is 9.53 Å². The lowest BCUT2D eigenvalue weighted by molar-refractivity contribution is -0.131. The zero-order valence-corrected chi connectivity index (χ0v) is 15.9. The second-order valence-corrected chi connectivity index (χ2v) is 6.99. The Kier molecular flexibility index (Phi) is 3.64. The Balaban J connectivity index is 1.95. The number of aryl methyl sites for hydroxylation is 1. The van der Waals surface area contributed by atoms with Crippen LogP contribution >= 0.6 is 11.6 Å². The van der Waals surface area contributed by atoms with Gasteiger partial charge in [-0.15, -0.1) is 0 Å². The lowest BCUT2D eigenvalue weighted by Crippen LogP contribution is -2.02. The van der Waals surface area contributed by atoms with Gasteiger partial charge in [-0.2, -0.15) is 0 Å². The molecule has 0 bridgehead atoms. The molecule has 5 aromatic rings. The van der Waals surface area contributed by atoms with E-state index in [1.54, 1.807) is 6.20 Å². The summed E-state index contributed by atoms with van der Waals surface area (Å²) < 4.78 is 9.36. The second kappa shape index (κ2) is 6.07. The maximum absolute atomic E-state index is 11.7. The summed E-state index contributed by atoms with van der Waals surface area (Å²) in [6, 6.07) is 15.3. The number of nitrogens with zero attached hydrogens (tertiary/aromatic N) is 4. The molecule has 0 N–H and O–H groups in total. The van der Waals surface area contributed by atoms with Crippen LogP contribution in [0.1, 0.15) is 12.7 Å². The molecule has 0 amide bonds. The molecule has 0 aliphatic heterocycles. The normalized spacial score (nSPS) is 11.5. The number of rotatable bonds is 2. The molecule has 0 fully saturated rings. The zero-order valence-electron chi connectivity index (χ0n) is 15.2. The standard InChI is InChI=1S/C21H15ClN4O2/c1-12-23-20-19(21-24-16-8-3-4-9-17(16)26(12)21)18(28-13(2)27)11-25(20)15-7-5-6-14(22)10-15/h3-11H,1-2H3. The molecule has 3 aromatic heterocycles. The van der Waals surface area contributed by atoms with Crippen molar-refractivity contribution in [2.75, 3.05) is 0 Å². The van der Waals surface area contributed by atoms with Crippen LogP contribution in [-0.2, 0) is 4.79 Å². The highest BCUT2D eigenvalue weighted by Crippen LogP contribution is 2.35. The fourth-order valence-electron chi connectivity index (χ4n) is 3.57. The Labute approximate surface area is 165 Å². The summed E-state index contributed by atoms with van der Waals surface area (Å²) in [5.74, 6) is 0.794. The summed E-state index contributed by atoms with van der Waals surface area (Å²) in [4.78, 5) is 21.3. The van der Waals surface area contributed by atoms with E-state index in [0.29, 0.717) is 27.5 Å². The molecule has 0 aliphatic rings. The first-order chi connectivity index (χ1) is 13.5. The Morgan fingerprint density at radius 1 is 1.07 bits per heavy atom. The molecule has 0 atom stereocenters. The summed E-state index contributed by atoms with van der Waals surface area (Å²) in [7, 11) is 0. The molecule has 2 aromatic carbocycles. The molecule has 5 rings (SSSR count). The fourth-order valence-corrected chi connectivity index (χ4v) is 3.76. The van der Waals surface area contributed by atoms with E-state index in [0.717, 1.165) is 22.5 Å². The first-order valence-corrected chi connectivity index (χ1v) is 9.14. The maximum Gasteiger partial charge on any atom is 0.308 e. The third-order valence-electron chi connectivity index (χ3n) is 4.66. The molecule has 0 unspecified atom stereocenters. The highest BCUT2D eigenvalue weighted by Gasteiger charge is 2.21. The third-order valence-corrected chi connectivity index (χ3v) is 4.90. The molecule has 0 saturated carbocycles. The van der Waals surface area contributed by atoms with E-state index < -0.39 is 5.97 Å². The molecule has 0 spiro atoms. The van der Waals surface area contributed by atoms with Crippen LogP contribution in [0.5, 0.6) is 5.75 Å². The van der Waals surface area contributed by atoms with Gasteiger partial charge in [0.2, 0.25) is 0 Å². The van der Waals surface area contributed by atoms with Gasteiger partial charge in [0.25, 0.3) is 0 Å². The number of hydrogen-bond acceptors (Lipinski definition) is 4. The van der Waals surface area contributed by atoms with Gasteiger partial charge < -0.3 is 4.74 Å². The lowest BCUT2D eigenvalue weighted by atomic mass is 10.3. The van der Waals surface area contributed by atoms with E-state index in [4.69, 9.17) is 26.3 Å². The number of imidazole rings is 1. The number of para-hydroxylation sites is 2. The predicted octanol–water partition coefficient (Wildman–Crippen LogP) is 4.71.